The lowest BCUT2D eigenvalue weighted by atomic mass is 10.2. The number of nitrogens with one attached hydrogen (secondary N) is 1. The van der Waals surface area contributed by atoms with Gasteiger partial charge in [-0.3, -0.25) is 0 Å². The molecule has 0 aromatic heterocycles. The minimum absolute atomic E-state index is 0.216. The zero-order valence-corrected chi connectivity index (χ0v) is 12.7. The summed E-state index contributed by atoms with van der Waals surface area (Å²) in [4.78, 5) is -0.395. The number of halogens is 4. The van der Waals surface area contributed by atoms with Gasteiger partial charge in [0.2, 0.25) is 10.0 Å². The van der Waals surface area contributed by atoms with E-state index in [0.29, 0.717) is 19.2 Å². The Morgan fingerprint density at radius 3 is 2.62 bits per heavy atom. The van der Waals surface area contributed by atoms with Crippen LogP contribution in [0.5, 0.6) is 0 Å². The quantitative estimate of drug-likeness (QED) is 0.897. The summed E-state index contributed by atoms with van der Waals surface area (Å²) in [5, 5.41) is 2.51. The highest BCUT2D eigenvalue weighted by Gasteiger charge is 2.36. The topological polar surface area (TPSA) is 49.4 Å². The fourth-order valence-electron chi connectivity index (χ4n) is 2.20. The first-order valence-corrected chi connectivity index (χ1v) is 8.05. The van der Waals surface area contributed by atoms with E-state index >= 15 is 0 Å². The van der Waals surface area contributed by atoms with Crippen molar-refractivity contribution in [2.24, 2.45) is 0 Å². The molecule has 0 aliphatic carbocycles. The van der Waals surface area contributed by atoms with Crippen molar-refractivity contribution in [3.8, 4) is 0 Å². The van der Waals surface area contributed by atoms with Crippen molar-refractivity contribution in [3.63, 3.8) is 0 Å². The molecule has 2 rings (SSSR count). The smallest absolute Gasteiger partial charge is 0.314 e. The third kappa shape index (κ3) is 3.33. The van der Waals surface area contributed by atoms with Crippen molar-refractivity contribution >= 4 is 21.6 Å². The maximum atomic E-state index is 12.8. The lowest BCUT2D eigenvalue weighted by Crippen LogP contribution is -2.52. The van der Waals surface area contributed by atoms with E-state index in [-0.39, 0.29) is 12.6 Å². The highest BCUT2D eigenvalue weighted by atomic mass is 35.5. The molecular weight excluding hydrogens is 329 g/mol. The lowest BCUT2D eigenvalue weighted by Gasteiger charge is -2.33. The van der Waals surface area contributed by atoms with Gasteiger partial charge < -0.3 is 5.32 Å². The highest BCUT2D eigenvalue weighted by molar-refractivity contribution is 7.89. The maximum Gasteiger partial charge on any atom is 0.417 e. The van der Waals surface area contributed by atoms with Crippen molar-refractivity contribution in [1.29, 1.82) is 0 Å². The average molecular weight is 343 g/mol. The molecule has 0 spiro atoms. The molecule has 9 heteroatoms. The second-order valence-electron chi connectivity index (χ2n) is 4.81. The minimum Gasteiger partial charge on any atom is -0.314 e. The SMILES string of the molecule is C[C@H]1CNCCN1S(=O)(=O)c1ccc(Cl)c(C(F)(F)F)c1. The van der Waals surface area contributed by atoms with E-state index in [1.165, 1.54) is 4.31 Å². The van der Waals surface area contributed by atoms with E-state index in [1.54, 1.807) is 6.92 Å². The number of hydrogen-bond donors (Lipinski definition) is 1. The first-order valence-electron chi connectivity index (χ1n) is 6.23. The van der Waals surface area contributed by atoms with Gasteiger partial charge in [-0.1, -0.05) is 11.6 Å². The molecule has 0 saturated carbocycles. The van der Waals surface area contributed by atoms with Crippen molar-refractivity contribution in [1.82, 2.24) is 9.62 Å². The molecule has 1 aromatic carbocycles. The van der Waals surface area contributed by atoms with Gasteiger partial charge in [0.05, 0.1) is 15.5 Å². The van der Waals surface area contributed by atoms with Gasteiger partial charge >= 0.3 is 6.18 Å². The standard InChI is InChI=1S/C12H14ClF3N2O2S/c1-8-7-17-4-5-18(8)21(19,20)9-2-3-11(13)10(6-9)12(14,15)16/h2-3,6,8,17H,4-5,7H2,1H3/t8-/m0/s1. The fraction of sp³-hybridized carbons (Fsp3) is 0.500. The average Bonchev–Trinajstić information content (AvgIpc) is 2.37. The Bertz CT molecular complexity index is 634. The summed E-state index contributed by atoms with van der Waals surface area (Å²) in [5.74, 6) is 0. The number of nitrogens with zero attached hydrogens (tertiary/aromatic N) is 1. The first kappa shape index (κ1) is 16.5. The normalized spacial score (nSPS) is 21.5. The van der Waals surface area contributed by atoms with E-state index in [4.69, 9.17) is 11.6 Å². The van der Waals surface area contributed by atoms with Crippen LogP contribution in [0.15, 0.2) is 23.1 Å². The van der Waals surface area contributed by atoms with E-state index < -0.39 is 31.7 Å². The monoisotopic (exact) mass is 342 g/mol. The van der Waals surface area contributed by atoms with Gasteiger partial charge in [-0.25, -0.2) is 8.42 Å². The number of benzene rings is 1. The minimum atomic E-state index is -4.70. The molecule has 0 bridgehead atoms. The summed E-state index contributed by atoms with van der Waals surface area (Å²) in [6, 6.07) is 2.33. The largest absolute Gasteiger partial charge is 0.417 e. The van der Waals surface area contributed by atoms with Crippen LogP contribution in [0, 0.1) is 0 Å². The third-order valence-corrected chi connectivity index (χ3v) is 5.63. The molecular formula is C12H14ClF3N2O2S. The van der Waals surface area contributed by atoms with Gasteiger partial charge in [-0.05, 0) is 25.1 Å². The molecule has 0 amide bonds. The van der Waals surface area contributed by atoms with Crippen molar-refractivity contribution < 1.29 is 21.6 Å². The van der Waals surface area contributed by atoms with E-state index in [9.17, 15) is 21.6 Å². The number of piperazine rings is 1. The molecule has 0 unspecified atom stereocenters. The number of alkyl halides is 3. The summed E-state index contributed by atoms with van der Waals surface area (Å²) in [6.45, 7) is 2.83. The van der Waals surface area contributed by atoms with Crippen LogP contribution in [-0.2, 0) is 16.2 Å². The fourth-order valence-corrected chi connectivity index (χ4v) is 4.08. The van der Waals surface area contributed by atoms with Gasteiger partial charge in [0, 0.05) is 25.7 Å². The Morgan fingerprint density at radius 2 is 2.05 bits per heavy atom. The van der Waals surface area contributed by atoms with Gasteiger partial charge in [0.25, 0.3) is 0 Å². The molecule has 1 fully saturated rings. The molecule has 1 aliphatic heterocycles. The van der Waals surface area contributed by atoms with Gasteiger partial charge in [0.15, 0.2) is 0 Å². The van der Waals surface area contributed by atoms with Crippen LogP contribution in [0.25, 0.3) is 0 Å². The summed E-state index contributed by atoms with van der Waals surface area (Å²) < 4.78 is 64.7. The van der Waals surface area contributed by atoms with Crippen LogP contribution in [0.1, 0.15) is 12.5 Å². The molecule has 0 radical (unpaired) electrons. The third-order valence-electron chi connectivity index (χ3n) is 3.29. The Morgan fingerprint density at radius 1 is 1.38 bits per heavy atom. The number of sulfonamides is 1. The Balaban J connectivity index is 2.46. The molecule has 1 saturated heterocycles. The van der Waals surface area contributed by atoms with Crippen molar-refractivity contribution in [3.05, 3.63) is 28.8 Å². The molecule has 1 aromatic rings. The van der Waals surface area contributed by atoms with E-state index in [2.05, 4.69) is 5.32 Å². The Kier molecular flexibility index (Phi) is 4.53. The van der Waals surface area contributed by atoms with Crippen LogP contribution in [0.4, 0.5) is 13.2 Å². The van der Waals surface area contributed by atoms with Gasteiger partial charge in [-0.15, -0.1) is 0 Å². The predicted molar refractivity (Wildman–Crippen MR) is 72.7 cm³/mol. The summed E-state index contributed by atoms with van der Waals surface area (Å²) in [6.07, 6.45) is -4.70. The van der Waals surface area contributed by atoms with Crippen LogP contribution in [0.3, 0.4) is 0 Å². The van der Waals surface area contributed by atoms with Crippen LogP contribution < -0.4 is 5.32 Å². The zero-order chi connectivity index (χ0) is 15.8. The number of rotatable bonds is 2. The Labute approximate surface area is 125 Å². The predicted octanol–water partition coefficient (Wildman–Crippen LogP) is 2.34. The maximum absolute atomic E-state index is 12.8. The Hall–Kier alpha value is -0.830. The summed E-state index contributed by atoms with van der Waals surface area (Å²) in [7, 11) is -3.98. The van der Waals surface area contributed by atoms with Crippen LogP contribution >= 0.6 is 11.6 Å². The highest BCUT2D eigenvalue weighted by Crippen LogP contribution is 2.36. The van der Waals surface area contributed by atoms with Crippen LogP contribution in [0.2, 0.25) is 5.02 Å². The molecule has 4 nitrogen and oxygen atoms in total. The van der Waals surface area contributed by atoms with Crippen LogP contribution in [-0.4, -0.2) is 38.4 Å². The van der Waals surface area contributed by atoms with Gasteiger partial charge in [0.1, 0.15) is 0 Å². The number of hydrogen-bond acceptors (Lipinski definition) is 3. The molecule has 1 heterocycles. The van der Waals surface area contributed by atoms with E-state index in [0.717, 1.165) is 12.1 Å². The second kappa shape index (κ2) is 5.75. The zero-order valence-electron chi connectivity index (χ0n) is 11.1. The second-order valence-corrected chi connectivity index (χ2v) is 7.11. The molecule has 118 valence electrons. The molecule has 1 atom stereocenters. The summed E-state index contributed by atoms with van der Waals surface area (Å²) in [5.41, 5.74) is -1.15. The molecule has 21 heavy (non-hydrogen) atoms. The summed E-state index contributed by atoms with van der Waals surface area (Å²) >= 11 is 5.51. The first-order chi connectivity index (χ1) is 9.64. The van der Waals surface area contributed by atoms with Gasteiger partial charge in [-0.2, -0.15) is 17.5 Å². The molecule has 1 aliphatic rings. The lowest BCUT2D eigenvalue weighted by molar-refractivity contribution is -0.137. The molecule has 1 N–H and O–H groups in total. The van der Waals surface area contributed by atoms with Crippen molar-refractivity contribution in [2.75, 3.05) is 19.6 Å². The van der Waals surface area contributed by atoms with Crippen molar-refractivity contribution in [2.45, 2.75) is 24.0 Å². The van der Waals surface area contributed by atoms with E-state index in [1.807, 2.05) is 0 Å².